The summed E-state index contributed by atoms with van der Waals surface area (Å²) in [4.78, 5) is 12.0. The van der Waals surface area contributed by atoms with Gasteiger partial charge >= 0.3 is 0 Å². The number of aromatic nitrogens is 4. The Kier molecular flexibility index (Phi) is 5.22. The Morgan fingerprint density at radius 1 is 1.39 bits per heavy atom. The van der Waals surface area contributed by atoms with Gasteiger partial charge in [0.1, 0.15) is 12.1 Å². The molecule has 1 aromatic heterocycles. The minimum Gasteiger partial charge on any atom is -0.323 e. The number of anilines is 1. The molecule has 0 atom stereocenters. The van der Waals surface area contributed by atoms with Crippen LogP contribution in [-0.2, 0) is 4.79 Å². The molecule has 1 aromatic carbocycles. The molecule has 0 bridgehead atoms. The Bertz CT molecular complexity index is 658. The van der Waals surface area contributed by atoms with Crippen molar-refractivity contribution in [1.82, 2.24) is 20.2 Å². The Balaban J connectivity index is 1.56. The molecular formula is C15H18FN5OS. The number of hydrogen-bond donors (Lipinski definition) is 1. The predicted octanol–water partition coefficient (Wildman–Crippen LogP) is 2.66. The van der Waals surface area contributed by atoms with Gasteiger partial charge in [-0.1, -0.05) is 12.8 Å². The van der Waals surface area contributed by atoms with E-state index < -0.39 is 5.82 Å². The number of carbonyl (C=O) groups excluding carboxylic acids is 1. The molecule has 6 nitrogen and oxygen atoms in total. The molecule has 0 radical (unpaired) electrons. The van der Waals surface area contributed by atoms with Gasteiger partial charge in [-0.05, 0) is 53.1 Å². The van der Waals surface area contributed by atoms with Gasteiger partial charge in [0.15, 0.2) is 0 Å². The molecule has 1 heterocycles. The lowest BCUT2D eigenvalue weighted by molar-refractivity contribution is -0.113. The van der Waals surface area contributed by atoms with Crippen LogP contribution >= 0.6 is 11.8 Å². The molecule has 1 N–H and O–H groups in total. The first-order valence-corrected chi connectivity index (χ1v) is 8.78. The molecule has 1 aliphatic carbocycles. The van der Waals surface area contributed by atoms with Gasteiger partial charge in [0.25, 0.3) is 0 Å². The quantitative estimate of drug-likeness (QED) is 0.878. The molecule has 1 fully saturated rings. The monoisotopic (exact) mass is 335 g/mol. The second-order valence-corrected chi connectivity index (χ2v) is 6.66. The Labute approximate surface area is 137 Å². The number of halogens is 1. The normalized spacial score (nSPS) is 15.0. The summed E-state index contributed by atoms with van der Waals surface area (Å²) in [5.41, 5.74) is 0.731. The molecule has 2 aromatic rings. The van der Waals surface area contributed by atoms with E-state index >= 15 is 0 Å². The molecule has 3 rings (SSSR count). The van der Waals surface area contributed by atoms with Crippen LogP contribution in [0.15, 0.2) is 24.5 Å². The number of amides is 1. The second kappa shape index (κ2) is 7.54. The third-order valence-corrected chi connectivity index (χ3v) is 5.07. The molecule has 0 unspecified atom stereocenters. The first-order chi connectivity index (χ1) is 11.2. The smallest absolute Gasteiger partial charge is 0.234 e. The fourth-order valence-electron chi connectivity index (χ4n) is 2.71. The molecule has 122 valence electrons. The van der Waals surface area contributed by atoms with Crippen LogP contribution in [-0.4, -0.2) is 37.6 Å². The maximum atomic E-state index is 13.9. The molecule has 8 heteroatoms. The Morgan fingerprint density at radius 3 is 2.96 bits per heavy atom. The maximum Gasteiger partial charge on any atom is 0.234 e. The summed E-state index contributed by atoms with van der Waals surface area (Å²) in [6, 6.07) is 4.36. The first-order valence-electron chi connectivity index (χ1n) is 7.63. The van der Waals surface area contributed by atoms with E-state index in [1.807, 2.05) is 0 Å². The van der Waals surface area contributed by atoms with E-state index in [1.54, 1.807) is 17.8 Å². The van der Waals surface area contributed by atoms with Gasteiger partial charge in [0, 0.05) is 0 Å². The van der Waals surface area contributed by atoms with Crippen LogP contribution < -0.4 is 5.32 Å². The lowest BCUT2D eigenvalue weighted by atomic mass is 10.1. The summed E-state index contributed by atoms with van der Waals surface area (Å²) >= 11 is 1.61. The minimum absolute atomic E-state index is 0.143. The standard InChI is InChI=1S/C15H18FN5OS/c16-13-6-5-12(21-10-17-19-20-21)7-14(13)18-15(22)9-23-8-11-3-1-2-4-11/h5-7,10-11H,1-4,8-9H2,(H,18,22). The Morgan fingerprint density at radius 2 is 2.22 bits per heavy atom. The highest BCUT2D eigenvalue weighted by Gasteiger charge is 2.16. The van der Waals surface area contributed by atoms with Crippen molar-refractivity contribution in [2.45, 2.75) is 25.7 Å². The average Bonchev–Trinajstić information content (AvgIpc) is 3.22. The van der Waals surface area contributed by atoms with E-state index in [0.717, 1.165) is 11.7 Å². The molecule has 0 saturated heterocycles. The van der Waals surface area contributed by atoms with E-state index in [2.05, 4.69) is 20.8 Å². The van der Waals surface area contributed by atoms with Crippen LogP contribution in [0.25, 0.3) is 5.69 Å². The van der Waals surface area contributed by atoms with Crippen molar-refractivity contribution in [3.8, 4) is 5.69 Å². The largest absolute Gasteiger partial charge is 0.323 e. The van der Waals surface area contributed by atoms with Gasteiger partial charge in [-0.25, -0.2) is 9.07 Å². The van der Waals surface area contributed by atoms with Crippen molar-refractivity contribution in [2.75, 3.05) is 16.8 Å². The van der Waals surface area contributed by atoms with Crippen molar-refractivity contribution < 1.29 is 9.18 Å². The number of rotatable bonds is 6. The highest BCUT2D eigenvalue weighted by Crippen LogP contribution is 2.28. The fraction of sp³-hybridized carbons (Fsp3) is 0.467. The van der Waals surface area contributed by atoms with Crippen LogP contribution in [0.3, 0.4) is 0 Å². The number of tetrazole rings is 1. The molecule has 1 aliphatic rings. The minimum atomic E-state index is -0.476. The molecule has 23 heavy (non-hydrogen) atoms. The lowest BCUT2D eigenvalue weighted by Gasteiger charge is -2.10. The van der Waals surface area contributed by atoms with E-state index in [9.17, 15) is 9.18 Å². The van der Waals surface area contributed by atoms with Crippen LogP contribution in [0, 0.1) is 11.7 Å². The maximum absolute atomic E-state index is 13.9. The summed E-state index contributed by atoms with van der Waals surface area (Å²) in [7, 11) is 0. The number of thioether (sulfide) groups is 1. The summed E-state index contributed by atoms with van der Waals surface area (Å²) < 4.78 is 15.3. The number of benzene rings is 1. The van der Waals surface area contributed by atoms with Gasteiger partial charge in [-0.15, -0.1) is 5.10 Å². The van der Waals surface area contributed by atoms with Crippen LogP contribution in [0.5, 0.6) is 0 Å². The van der Waals surface area contributed by atoms with Gasteiger partial charge in [-0.3, -0.25) is 4.79 Å². The van der Waals surface area contributed by atoms with Crippen molar-refractivity contribution in [2.24, 2.45) is 5.92 Å². The third-order valence-electron chi connectivity index (χ3n) is 3.90. The zero-order chi connectivity index (χ0) is 16.1. The van der Waals surface area contributed by atoms with Gasteiger partial charge < -0.3 is 5.32 Å². The third kappa shape index (κ3) is 4.28. The predicted molar refractivity (Wildman–Crippen MR) is 87.0 cm³/mol. The van der Waals surface area contributed by atoms with E-state index in [-0.39, 0.29) is 11.6 Å². The number of carbonyl (C=O) groups is 1. The molecule has 1 amide bonds. The first kappa shape index (κ1) is 15.9. The fourth-order valence-corrected chi connectivity index (χ4v) is 3.75. The van der Waals surface area contributed by atoms with Crippen molar-refractivity contribution in [3.05, 3.63) is 30.3 Å². The highest BCUT2D eigenvalue weighted by molar-refractivity contribution is 7.99. The zero-order valence-corrected chi connectivity index (χ0v) is 13.4. The molecule has 0 spiro atoms. The molecule has 1 saturated carbocycles. The second-order valence-electron chi connectivity index (χ2n) is 5.63. The molecular weight excluding hydrogens is 317 g/mol. The van der Waals surface area contributed by atoms with Crippen molar-refractivity contribution in [1.29, 1.82) is 0 Å². The van der Waals surface area contributed by atoms with Crippen LogP contribution in [0.2, 0.25) is 0 Å². The summed E-state index contributed by atoms with van der Waals surface area (Å²) in [6.07, 6.45) is 6.53. The number of hydrogen-bond acceptors (Lipinski definition) is 5. The van der Waals surface area contributed by atoms with Gasteiger partial charge in [-0.2, -0.15) is 11.8 Å². The zero-order valence-electron chi connectivity index (χ0n) is 12.6. The van der Waals surface area contributed by atoms with Crippen LogP contribution in [0.4, 0.5) is 10.1 Å². The van der Waals surface area contributed by atoms with Crippen molar-refractivity contribution in [3.63, 3.8) is 0 Å². The number of nitrogens with one attached hydrogen (secondary N) is 1. The van der Waals surface area contributed by atoms with Crippen LogP contribution in [0.1, 0.15) is 25.7 Å². The van der Waals surface area contributed by atoms with Gasteiger partial charge in [0.2, 0.25) is 5.91 Å². The molecule has 0 aliphatic heterocycles. The van der Waals surface area contributed by atoms with E-state index in [0.29, 0.717) is 11.4 Å². The summed E-state index contributed by atoms with van der Waals surface area (Å²) in [6.45, 7) is 0. The number of nitrogens with zero attached hydrogens (tertiary/aromatic N) is 4. The summed E-state index contributed by atoms with van der Waals surface area (Å²) in [5.74, 6) is 1.40. The topological polar surface area (TPSA) is 72.7 Å². The lowest BCUT2D eigenvalue weighted by Crippen LogP contribution is -2.16. The average molecular weight is 335 g/mol. The van der Waals surface area contributed by atoms with Gasteiger partial charge in [0.05, 0.1) is 17.1 Å². The SMILES string of the molecule is O=C(CSCC1CCCC1)Nc1cc(-n2cnnn2)ccc1F. The van der Waals surface area contributed by atoms with E-state index in [1.165, 1.54) is 48.8 Å². The summed E-state index contributed by atoms with van der Waals surface area (Å²) in [5, 5.41) is 13.4. The highest BCUT2D eigenvalue weighted by atomic mass is 32.2. The Hall–Kier alpha value is -1.96. The van der Waals surface area contributed by atoms with Crippen molar-refractivity contribution >= 4 is 23.4 Å². The van der Waals surface area contributed by atoms with E-state index in [4.69, 9.17) is 0 Å².